The lowest BCUT2D eigenvalue weighted by molar-refractivity contribution is 0.103. The predicted molar refractivity (Wildman–Crippen MR) is 89.3 cm³/mol. The molecule has 0 heterocycles. The standard InChI is InChI=1S/C18H19BrO2/c1-4-12-6-7-14(10-13(12)5-2)18(20)16-9-8-15(19)11-17(16)21-3/h6-11H,4-5H2,1-3H3. The Kier molecular flexibility index (Phi) is 5.18. The fraction of sp³-hybridized carbons (Fsp3) is 0.278. The summed E-state index contributed by atoms with van der Waals surface area (Å²) >= 11 is 3.39. The normalized spacial score (nSPS) is 10.5. The number of hydrogen-bond acceptors (Lipinski definition) is 2. The zero-order valence-corrected chi connectivity index (χ0v) is 14.2. The molecule has 0 fully saturated rings. The van der Waals surface area contributed by atoms with Gasteiger partial charge in [-0.2, -0.15) is 0 Å². The number of carbonyl (C=O) groups is 1. The van der Waals surface area contributed by atoms with Gasteiger partial charge < -0.3 is 4.74 Å². The molecular weight excluding hydrogens is 328 g/mol. The van der Waals surface area contributed by atoms with Crippen molar-refractivity contribution in [3.8, 4) is 5.75 Å². The van der Waals surface area contributed by atoms with Gasteiger partial charge in [-0.3, -0.25) is 4.79 Å². The van der Waals surface area contributed by atoms with E-state index in [1.165, 1.54) is 11.1 Å². The van der Waals surface area contributed by atoms with Crippen LogP contribution >= 0.6 is 15.9 Å². The quantitative estimate of drug-likeness (QED) is 0.726. The zero-order valence-electron chi connectivity index (χ0n) is 12.6. The van der Waals surface area contributed by atoms with Crippen LogP contribution in [0.15, 0.2) is 40.9 Å². The Hall–Kier alpha value is -1.61. The van der Waals surface area contributed by atoms with E-state index in [4.69, 9.17) is 4.74 Å². The third kappa shape index (κ3) is 3.35. The average molecular weight is 347 g/mol. The van der Waals surface area contributed by atoms with E-state index in [9.17, 15) is 4.79 Å². The van der Waals surface area contributed by atoms with E-state index in [0.717, 1.165) is 17.3 Å². The van der Waals surface area contributed by atoms with Crippen molar-refractivity contribution in [1.29, 1.82) is 0 Å². The Bertz CT molecular complexity index is 662. The topological polar surface area (TPSA) is 26.3 Å². The number of benzene rings is 2. The number of carbonyl (C=O) groups excluding carboxylic acids is 1. The molecule has 2 aromatic rings. The summed E-state index contributed by atoms with van der Waals surface area (Å²) in [4.78, 5) is 12.7. The Morgan fingerprint density at radius 1 is 1.05 bits per heavy atom. The molecule has 0 saturated carbocycles. The second-order valence-electron chi connectivity index (χ2n) is 4.86. The van der Waals surface area contributed by atoms with Gasteiger partial charge in [0.05, 0.1) is 12.7 Å². The maximum absolute atomic E-state index is 12.7. The van der Waals surface area contributed by atoms with Crippen molar-refractivity contribution in [2.45, 2.75) is 26.7 Å². The number of methoxy groups -OCH3 is 1. The molecule has 0 radical (unpaired) electrons. The van der Waals surface area contributed by atoms with Crippen LogP contribution in [0.2, 0.25) is 0 Å². The third-order valence-corrected chi connectivity index (χ3v) is 4.13. The van der Waals surface area contributed by atoms with Crippen LogP contribution in [-0.2, 0) is 12.8 Å². The summed E-state index contributed by atoms with van der Waals surface area (Å²) < 4.78 is 6.21. The Labute approximate surface area is 134 Å². The molecule has 0 aromatic heterocycles. The maximum Gasteiger partial charge on any atom is 0.196 e. The molecule has 0 spiro atoms. The lowest BCUT2D eigenvalue weighted by Crippen LogP contribution is -2.05. The van der Waals surface area contributed by atoms with Gasteiger partial charge in [0, 0.05) is 10.0 Å². The minimum atomic E-state index is -0.00305. The van der Waals surface area contributed by atoms with Crippen molar-refractivity contribution >= 4 is 21.7 Å². The van der Waals surface area contributed by atoms with Gasteiger partial charge >= 0.3 is 0 Å². The van der Waals surface area contributed by atoms with Crippen LogP contribution in [0.3, 0.4) is 0 Å². The summed E-state index contributed by atoms with van der Waals surface area (Å²) in [7, 11) is 1.58. The summed E-state index contributed by atoms with van der Waals surface area (Å²) in [5.41, 5.74) is 3.84. The molecule has 0 unspecified atom stereocenters. The molecule has 2 aromatic carbocycles. The van der Waals surface area contributed by atoms with E-state index in [0.29, 0.717) is 16.9 Å². The number of ether oxygens (including phenoxy) is 1. The first-order valence-corrected chi connectivity index (χ1v) is 7.90. The van der Waals surface area contributed by atoms with Crippen LogP contribution < -0.4 is 4.74 Å². The molecule has 21 heavy (non-hydrogen) atoms. The van der Waals surface area contributed by atoms with Gasteiger partial charge in [0.1, 0.15) is 5.75 Å². The van der Waals surface area contributed by atoms with Crippen LogP contribution in [0, 0.1) is 0 Å². The van der Waals surface area contributed by atoms with E-state index >= 15 is 0 Å². The van der Waals surface area contributed by atoms with Crippen LogP contribution in [0.1, 0.15) is 40.9 Å². The van der Waals surface area contributed by atoms with Gasteiger partial charge in [0.15, 0.2) is 5.78 Å². The molecule has 0 N–H and O–H groups in total. The summed E-state index contributed by atoms with van der Waals surface area (Å²) in [6.07, 6.45) is 1.92. The molecule has 2 rings (SSSR count). The van der Waals surface area contributed by atoms with Crippen LogP contribution in [-0.4, -0.2) is 12.9 Å². The molecule has 0 saturated heterocycles. The molecular formula is C18H19BrO2. The number of aryl methyl sites for hydroxylation is 2. The van der Waals surface area contributed by atoms with Crippen molar-refractivity contribution in [2.75, 3.05) is 7.11 Å². The molecule has 0 aliphatic heterocycles. The monoisotopic (exact) mass is 346 g/mol. The number of halogens is 1. The van der Waals surface area contributed by atoms with E-state index in [1.54, 1.807) is 13.2 Å². The van der Waals surface area contributed by atoms with Gasteiger partial charge in [0.2, 0.25) is 0 Å². The minimum absolute atomic E-state index is 0.00305. The summed E-state index contributed by atoms with van der Waals surface area (Å²) in [6, 6.07) is 11.4. The Morgan fingerprint density at radius 3 is 2.38 bits per heavy atom. The van der Waals surface area contributed by atoms with Gasteiger partial charge in [-0.05, 0) is 48.2 Å². The van der Waals surface area contributed by atoms with Crippen molar-refractivity contribution < 1.29 is 9.53 Å². The average Bonchev–Trinajstić information content (AvgIpc) is 2.53. The van der Waals surface area contributed by atoms with Crippen LogP contribution in [0.25, 0.3) is 0 Å². The summed E-state index contributed by atoms with van der Waals surface area (Å²) in [6.45, 7) is 4.25. The lowest BCUT2D eigenvalue weighted by atomic mass is 9.95. The van der Waals surface area contributed by atoms with E-state index < -0.39 is 0 Å². The van der Waals surface area contributed by atoms with Crippen LogP contribution in [0.4, 0.5) is 0 Å². The van der Waals surface area contributed by atoms with E-state index in [2.05, 4.69) is 35.8 Å². The van der Waals surface area contributed by atoms with Crippen molar-refractivity contribution in [1.82, 2.24) is 0 Å². The van der Waals surface area contributed by atoms with Gasteiger partial charge in [-0.1, -0.05) is 41.9 Å². The van der Waals surface area contributed by atoms with Gasteiger partial charge in [-0.25, -0.2) is 0 Å². The highest BCUT2D eigenvalue weighted by atomic mass is 79.9. The zero-order chi connectivity index (χ0) is 15.4. The van der Waals surface area contributed by atoms with Crippen molar-refractivity contribution in [2.24, 2.45) is 0 Å². The Balaban J connectivity index is 2.45. The molecule has 0 aliphatic rings. The van der Waals surface area contributed by atoms with Crippen LogP contribution in [0.5, 0.6) is 5.75 Å². The molecule has 2 nitrogen and oxygen atoms in total. The Morgan fingerprint density at radius 2 is 1.76 bits per heavy atom. The second kappa shape index (κ2) is 6.90. The first-order chi connectivity index (χ1) is 10.1. The fourth-order valence-corrected chi connectivity index (χ4v) is 2.79. The largest absolute Gasteiger partial charge is 0.496 e. The predicted octanol–water partition coefficient (Wildman–Crippen LogP) is 4.81. The summed E-state index contributed by atoms with van der Waals surface area (Å²) in [5, 5.41) is 0. The van der Waals surface area contributed by atoms with Gasteiger partial charge in [0.25, 0.3) is 0 Å². The van der Waals surface area contributed by atoms with E-state index in [1.807, 2.05) is 24.3 Å². The molecule has 0 bridgehead atoms. The first-order valence-electron chi connectivity index (χ1n) is 7.10. The molecule has 0 amide bonds. The number of hydrogen-bond donors (Lipinski definition) is 0. The second-order valence-corrected chi connectivity index (χ2v) is 5.78. The first kappa shape index (κ1) is 15.8. The highest BCUT2D eigenvalue weighted by Crippen LogP contribution is 2.26. The van der Waals surface area contributed by atoms with E-state index in [-0.39, 0.29) is 5.78 Å². The molecule has 0 aliphatic carbocycles. The maximum atomic E-state index is 12.7. The van der Waals surface area contributed by atoms with Crippen molar-refractivity contribution in [3.05, 3.63) is 63.1 Å². The van der Waals surface area contributed by atoms with Gasteiger partial charge in [-0.15, -0.1) is 0 Å². The third-order valence-electron chi connectivity index (χ3n) is 3.64. The lowest BCUT2D eigenvalue weighted by Gasteiger charge is -2.11. The number of ketones is 1. The SMILES string of the molecule is CCc1ccc(C(=O)c2ccc(Br)cc2OC)cc1CC. The molecule has 3 heteroatoms. The highest BCUT2D eigenvalue weighted by Gasteiger charge is 2.15. The molecule has 0 atom stereocenters. The molecule has 110 valence electrons. The van der Waals surface area contributed by atoms with Crippen molar-refractivity contribution in [3.63, 3.8) is 0 Å². The summed E-state index contributed by atoms with van der Waals surface area (Å²) in [5.74, 6) is 0.587. The smallest absolute Gasteiger partial charge is 0.196 e. The minimum Gasteiger partial charge on any atom is -0.496 e. The highest BCUT2D eigenvalue weighted by molar-refractivity contribution is 9.10. The number of rotatable bonds is 5. The fourth-order valence-electron chi connectivity index (χ4n) is 2.45.